The summed E-state index contributed by atoms with van der Waals surface area (Å²) >= 11 is 3.31. The molecule has 0 amide bonds. The Balaban J connectivity index is 2.72. The van der Waals surface area contributed by atoms with Crippen LogP contribution in [-0.4, -0.2) is 27.7 Å². The second kappa shape index (κ2) is 3.38. The van der Waals surface area contributed by atoms with Gasteiger partial charge in [0.05, 0.1) is 18.8 Å². The molecule has 0 atom stereocenters. The summed E-state index contributed by atoms with van der Waals surface area (Å²) in [4.78, 5) is 15.2. The van der Waals surface area contributed by atoms with Crippen molar-refractivity contribution in [2.75, 3.05) is 7.11 Å². The van der Waals surface area contributed by atoms with Crippen molar-refractivity contribution in [3.05, 3.63) is 28.8 Å². The van der Waals surface area contributed by atoms with Crippen molar-refractivity contribution in [2.24, 2.45) is 0 Å². The lowest BCUT2D eigenvalue weighted by molar-refractivity contribution is 0.0591. The van der Waals surface area contributed by atoms with Gasteiger partial charge in [0.25, 0.3) is 0 Å². The first-order chi connectivity index (χ1) is 6.74. The molecule has 0 aromatic carbocycles. The normalized spacial score (nSPS) is 10.4. The summed E-state index contributed by atoms with van der Waals surface area (Å²) in [6, 6.07) is 1.65. The quantitative estimate of drug-likeness (QED) is 0.721. The van der Waals surface area contributed by atoms with E-state index < -0.39 is 5.97 Å². The van der Waals surface area contributed by atoms with Crippen LogP contribution >= 0.6 is 15.9 Å². The Bertz CT molecular complexity index is 494. The SMILES string of the molecule is COC(=O)c1cc(Br)c2cncnn12. The predicted molar refractivity (Wildman–Crippen MR) is 52.0 cm³/mol. The van der Waals surface area contributed by atoms with E-state index in [9.17, 15) is 4.79 Å². The number of ether oxygens (including phenoxy) is 1. The summed E-state index contributed by atoms with van der Waals surface area (Å²) in [5.41, 5.74) is 1.10. The summed E-state index contributed by atoms with van der Waals surface area (Å²) in [5.74, 6) is -0.426. The van der Waals surface area contributed by atoms with Crippen LogP contribution in [0.3, 0.4) is 0 Å². The first kappa shape index (κ1) is 9.14. The molecule has 0 saturated heterocycles. The van der Waals surface area contributed by atoms with Gasteiger partial charge in [-0.25, -0.2) is 14.3 Å². The van der Waals surface area contributed by atoms with Crippen LogP contribution in [0.1, 0.15) is 10.5 Å². The van der Waals surface area contributed by atoms with E-state index in [1.165, 1.54) is 18.0 Å². The number of nitrogens with zero attached hydrogens (tertiary/aromatic N) is 3. The maximum atomic E-state index is 11.3. The Labute approximate surface area is 87.8 Å². The number of hydrogen-bond donors (Lipinski definition) is 0. The average Bonchev–Trinajstić information content (AvgIpc) is 2.56. The van der Waals surface area contributed by atoms with Gasteiger partial charge in [-0.15, -0.1) is 0 Å². The maximum Gasteiger partial charge on any atom is 0.356 e. The van der Waals surface area contributed by atoms with Gasteiger partial charge in [0.1, 0.15) is 6.33 Å². The van der Waals surface area contributed by atoms with Crippen LogP contribution in [0.4, 0.5) is 0 Å². The van der Waals surface area contributed by atoms with Crippen molar-refractivity contribution in [1.82, 2.24) is 14.6 Å². The highest BCUT2D eigenvalue weighted by molar-refractivity contribution is 9.10. The molecule has 0 N–H and O–H groups in total. The standard InChI is InChI=1S/C8H6BrN3O2/c1-14-8(13)6-2-5(9)7-3-10-4-11-12(6)7/h2-4H,1H3. The molecule has 6 heteroatoms. The van der Waals surface area contributed by atoms with Crippen molar-refractivity contribution in [3.63, 3.8) is 0 Å². The van der Waals surface area contributed by atoms with E-state index in [2.05, 4.69) is 30.7 Å². The first-order valence-corrected chi connectivity index (χ1v) is 4.59. The van der Waals surface area contributed by atoms with E-state index in [1.807, 2.05) is 0 Å². The van der Waals surface area contributed by atoms with Gasteiger partial charge in [0.2, 0.25) is 0 Å². The summed E-state index contributed by atoms with van der Waals surface area (Å²) in [7, 11) is 1.33. The van der Waals surface area contributed by atoms with E-state index in [4.69, 9.17) is 0 Å². The zero-order valence-corrected chi connectivity index (χ0v) is 8.85. The number of fused-ring (bicyclic) bond motifs is 1. The largest absolute Gasteiger partial charge is 0.464 e. The van der Waals surface area contributed by atoms with Crippen LogP contribution < -0.4 is 0 Å². The highest BCUT2D eigenvalue weighted by atomic mass is 79.9. The Morgan fingerprint density at radius 1 is 1.64 bits per heavy atom. The van der Waals surface area contributed by atoms with Gasteiger partial charge >= 0.3 is 5.97 Å². The summed E-state index contributed by atoms with van der Waals surface area (Å²) in [5, 5.41) is 3.95. The minimum atomic E-state index is -0.426. The highest BCUT2D eigenvalue weighted by Crippen LogP contribution is 2.21. The molecule has 0 radical (unpaired) electrons. The molecule has 0 unspecified atom stereocenters. The fraction of sp³-hybridized carbons (Fsp3) is 0.125. The van der Waals surface area contributed by atoms with Crippen LogP contribution in [0.25, 0.3) is 5.52 Å². The van der Waals surface area contributed by atoms with Crippen LogP contribution in [0, 0.1) is 0 Å². The Kier molecular flexibility index (Phi) is 2.20. The smallest absolute Gasteiger partial charge is 0.356 e. The van der Waals surface area contributed by atoms with Gasteiger partial charge in [-0.1, -0.05) is 0 Å². The minimum absolute atomic E-state index is 0.372. The van der Waals surface area contributed by atoms with E-state index >= 15 is 0 Å². The molecule has 0 aliphatic heterocycles. The van der Waals surface area contributed by atoms with Crippen LogP contribution in [0.2, 0.25) is 0 Å². The number of rotatable bonds is 1. The fourth-order valence-electron chi connectivity index (χ4n) is 1.16. The van der Waals surface area contributed by atoms with Crippen LogP contribution in [0.5, 0.6) is 0 Å². The van der Waals surface area contributed by atoms with Crippen LogP contribution in [-0.2, 0) is 4.74 Å². The van der Waals surface area contributed by atoms with Crippen molar-refractivity contribution in [3.8, 4) is 0 Å². The molecule has 0 fully saturated rings. The monoisotopic (exact) mass is 255 g/mol. The molecular formula is C8H6BrN3O2. The molecule has 0 aliphatic rings. The molecule has 0 saturated carbocycles. The molecule has 0 bridgehead atoms. The van der Waals surface area contributed by atoms with Crippen molar-refractivity contribution in [1.29, 1.82) is 0 Å². The third-order valence-electron chi connectivity index (χ3n) is 1.79. The molecule has 5 nitrogen and oxygen atoms in total. The maximum absolute atomic E-state index is 11.3. The Hall–Kier alpha value is -1.43. The molecule has 0 aliphatic carbocycles. The molecule has 2 aromatic rings. The molecular weight excluding hydrogens is 250 g/mol. The van der Waals surface area contributed by atoms with E-state index in [0.717, 1.165) is 9.99 Å². The highest BCUT2D eigenvalue weighted by Gasteiger charge is 2.14. The molecule has 2 heterocycles. The van der Waals surface area contributed by atoms with Crippen molar-refractivity contribution < 1.29 is 9.53 Å². The Morgan fingerprint density at radius 3 is 3.14 bits per heavy atom. The molecule has 72 valence electrons. The Morgan fingerprint density at radius 2 is 2.43 bits per heavy atom. The summed E-state index contributed by atoms with van der Waals surface area (Å²) in [6.45, 7) is 0. The molecule has 2 rings (SSSR count). The topological polar surface area (TPSA) is 56.5 Å². The molecule has 0 spiro atoms. The van der Waals surface area contributed by atoms with Gasteiger partial charge in [0.15, 0.2) is 5.69 Å². The first-order valence-electron chi connectivity index (χ1n) is 3.79. The molecule has 2 aromatic heterocycles. The van der Waals surface area contributed by atoms with E-state index in [-0.39, 0.29) is 0 Å². The fourth-order valence-corrected chi connectivity index (χ4v) is 1.65. The van der Waals surface area contributed by atoms with Crippen LogP contribution in [0.15, 0.2) is 23.1 Å². The zero-order chi connectivity index (χ0) is 10.1. The second-order valence-electron chi connectivity index (χ2n) is 2.58. The van der Waals surface area contributed by atoms with Gasteiger partial charge in [-0.2, -0.15) is 5.10 Å². The number of carbonyl (C=O) groups excluding carboxylic acids is 1. The minimum Gasteiger partial charge on any atom is -0.464 e. The summed E-state index contributed by atoms with van der Waals surface area (Å²) < 4.78 is 6.85. The van der Waals surface area contributed by atoms with E-state index in [0.29, 0.717) is 5.69 Å². The van der Waals surface area contributed by atoms with Gasteiger partial charge in [-0.05, 0) is 22.0 Å². The number of methoxy groups -OCH3 is 1. The number of halogens is 1. The third kappa shape index (κ3) is 1.27. The number of hydrogen-bond acceptors (Lipinski definition) is 4. The van der Waals surface area contributed by atoms with Gasteiger partial charge < -0.3 is 4.74 Å². The van der Waals surface area contributed by atoms with Gasteiger partial charge in [-0.3, -0.25) is 0 Å². The van der Waals surface area contributed by atoms with Gasteiger partial charge in [0, 0.05) is 4.47 Å². The van der Waals surface area contributed by atoms with Crippen molar-refractivity contribution in [2.45, 2.75) is 0 Å². The lowest BCUT2D eigenvalue weighted by Gasteiger charge is -1.97. The third-order valence-corrected chi connectivity index (χ3v) is 2.42. The second-order valence-corrected chi connectivity index (χ2v) is 3.43. The molecule has 14 heavy (non-hydrogen) atoms. The zero-order valence-electron chi connectivity index (χ0n) is 7.27. The predicted octanol–water partition coefficient (Wildman–Crippen LogP) is 1.28. The van der Waals surface area contributed by atoms with Crippen molar-refractivity contribution >= 4 is 27.4 Å². The lowest BCUT2D eigenvalue weighted by Crippen LogP contribution is -2.07. The average molecular weight is 256 g/mol. The number of esters is 1. The summed E-state index contributed by atoms with van der Waals surface area (Å²) in [6.07, 6.45) is 2.98. The van der Waals surface area contributed by atoms with E-state index in [1.54, 1.807) is 12.3 Å². The lowest BCUT2D eigenvalue weighted by atomic mass is 10.4. The number of carbonyl (C=O) groups is 1. The number of aromatic nitrogens is 3.